The highest BCUT2D eigenvalue weighted by Gasteiger charge is 2.49. The Hall–Kier alpha value is -2.04. The molecule has 2 aromatic rings. The zero-order valence-corrected chi connectivity index (χ0v) is 16.0. The summed E-state index contributed by atoms with van der Waals surface area (Å²) in [6.45, 7) is 0. The van der Waals surface area contributed by atoms with Crippen LogP contribution in [0.15, 0.2) is 64.5 Å². The van der Waals surface area contributed by atoms with Crippen molar-refractivity contribution >= 4 is 27.5 Å². The molecule has 2 aliphatic heterocycles. The number of fused-ring (bicyclic) bond motifs is 1. The number of nitrogens with one attached hydrogen (secondary N) is 2. The summed E-state index contributed by atoms with van der Waals surface area (Å²) >= 11 is 9.55. The molecule has 0 amide bonds. The van der Waals surface area contributed by atoms with Gasteiger partial charge in [0.2, 0.25) is 5.88 Å². The van der Waals surface area contributed by atoms with Crippen LogP contribution in [-0.4, -0.2) is 6.23 Å². The van der Waals surface area contributed by atoms with E-state index < -0.39 is 0 Å². The first kappa shape index (κ1) is 17.4. The van der Waals surface area contributed by atoms with Crippen molar-refractivity contribution in [1.29, 1.82) is 5.26 Å². The predicted molar refractivity (Wildman–Crippen MR) is 103 cm³/mol. The molecule has 5 nitrogen and oxygen atoms in total. The summed E-state index contributed by atoms with van der Waals surface area (Å²) in [6, 6.07) is 17.8. The summed E-state index contributed by atoms with van der Waals surface area (Å²) in [6.07, 6.45) is -0.336. The lowest BCUT2D eigenvalue weighted by molar-refractivity contribution is 0.0340. The van der Waals surface area contributed by atoms with Crippen LogP contribution in [0, 0.1) is 17.2 Å². The molecule has 2 aromatic carbocycles. The molecular weight excluding hydrogens is 416 g/mol. The largest absolute Gasteiger partial charge is 0.458 e. The fourth-order valence-corrected chi connectivity index (χ4v) is 4.29. The van der Waals surface area contributed by atoms with Gasteiger partial charge in [-0.05, 0) is 35.4 Å². The van der Waals surface area contributed by atoms with E-state index >= 15 is 0 Å². The number of rotatable bonds is 2. The van der Waals surface area contributed by atoms with Gasteiger partial charge in [0.05, 0.1) is 11.6 Å². The Bertz CT molecular complexity index is 909. The van der Waals surface area contributed by atoms with Gasteiger partial charge in [0, 0.05) is 21.3 Å². The molecule has 2 aliphatic rings. The van der Waals surface area contributed by atoms with Gasteiger partial charge < -0.3 is 10.5 Å². The topological polar surface area (TPSA) is 83.1 Å². The van der Waals surface area contributed by atoms with Crippen LogP contribution >= 0.6 is 27.5 Å². The van der Waals surface area contributed by atoms with Crippen LogP contribution in [0.5, 0.6) is 0 Å². The number of ether oxygens (including phenoxy) is 1. The smallest absolute Gasteiger partial charge is 0.200 e. The van der Waals surface area contributed by atoms with Crippen molar-refractivity contribution in [3.8, 4) is 6.07 Å². The number of allylic oxidation sites excluding steroid dienone is 1. The van der Waals surface area contributed by atoms with Crippen molar-refractivity contribution in [2.24, 2.45) is 11.7 Å². The quantitative estimate of drug-likeness (QED) is 0.675. The Labute approximate surface area is 164 Å². The van der Waals surface area contributed by atoms with Crippen molar-refractivity contribution in [3.63, 3.8) is 0 Å². The number of hydrazine groups is 1. The highest BCUT2D eigenvalue weighted by Crippen LogP contribution is 2.47. The van der Waals surface area contributed by atoms with E-state index in [4.69, 9.17) is 22.1 Å². The molecule has 0 bridgehead atoms. The lowest BCUT2D eigenvalue weighted by atomic mass is 9.74. The van der Waals surface area contributed by atoms with E-state index in [0.29, 0.717) is 10.6 Å². The molecular formula is C19H16BrClN4O. The van der Waals surface area contributed by atoms with Gasteiger partial charge in [-0.25, -0.2) is 10.9 Å². The average Bonchev–Trinajstić information content (AvgIpc) is 3.04. The number of nitriles is 1. The van der Waals surface area contributed by atoms with Crippen molar-refractivity contribution < 1.29 is 4.74 Å². The van der Waals surface area contributed by atoms with Crippen molar-refractivity contribution in [2.45, 2.75) is 18.2 Å². The van der Waals surface area contributed by atoms with Gasteiger partial charge in [0.15, 0.2) is 6.23 Å². The van der Waals surface area contributed by atoms with Crippen LogP contribution in [0.3, 0.4) is 0 Å². The van der Waals surface area contributed by atoms with Gasteiger partial charge in [0.1, 0.15) is 6.07 Å². The minimum Gasteiger partial charge on any atom is -0.458 e. The first-order valence-corrected chi connectivity index (χ1v) is 9.34. The summed E-state index contributed by atoms with van der Waals surface area (Å²) in [4.78, 5) is 0. The molecule has 0 aromatic heterocycles. The maximum Gasteiger partial charge on any atom is 0.200 e. The molecule has 26 heavy (non-hydrogen) atoms. The molecule has 132 valence electrons. The lowest BCUT2D eigenvalue weighted by Crippen LogP contribution is -2.40. The van der Waals surface area contributed by atoms with E-state index in [1.165, 1.54) is 0 Å². The number of benzene rings is 2. The SMILES string of the molecule is N#CC1=C(N)OC2NNC(c3ccc(Cl)cc3)C2C1c1cccc(Br)c1. The molecule has 0 radical (unpaired) electrons. The Morgan fingerprint density at radius 3 is 2.58 bits per heavy atom. The molecule has 1 fully saturated rings. The monoisotopic (exact) mass is 430 g/mol. The van der Waals surface area contributed by atoms with Gasteiger partial charge in [-0.3, -0.25) is 0 Å². The standard InChI is InChI=1S/C19H16BrClN4O/c20-12-3-1-2-11(8-12)15-14(9-22)18(23)26-19-16(15)17(24-25-19)10-4-6-13(21)7-5-10/h1-8,15-17,19,24-25H,23H2. The normalized spacial score (nSPS) is 27.6. The summed E-state index contributed by atoms with van der Waals surface area (Å²) in [5.41, 5.74) is 15.0. The first-order valence-electron chi connectivity index (χ1n) is 8.17. The zero-order valence-electron chi connectivity index (χ0n) is 13.6. The molecule has 7 heteroatoms. The molecule has 4 rings (SSSR count). The van der Waals surface area contributed by atoms with Crippen LogP contribution in [0.1, 0.15) is 23.1 Å². The molecule has 1 saturated heterocycles. The van der Waals surface area contributed by atoms with Gasteiger partial charge in [0.25, 0.3) is 0 Å². The fraction of sp³-hybridized carbons (Fsp3) is 0.211. The molecule has 4 unspecified atom stereocenters. The summed E-state index contributed by atoms with van der Waals surface area (Å²) in [5, 5.41) is 10.4. The predicted octanol–water partition coefficient (Wildman–Crippen LogP) is 3.70. The third kappa shape index (κ3) is 2.97. The summed E-state index contributed by atoms with van der Waals surface area (Å²) in [7, 11) is 0. The van der Waals surface area contributed by atoms with E-state index in [1.54, 1.807) is 0 Å². The van der Waals surface area contributed by atoms with Gasteiger partial charge >= 0.3 is 0 Å². The Balaban J connectivity index is 1.82. The third-order valence-corrected chi connectivity index (χ3v) is 5.63. The molecule has 4 atom stereocenters. The molecule has 0 saturated carbocycles. The van der Waals surface area contributed by atoms with E-state index in [-0.39, 0.29) is 30.0 Å². The minimum absolute atomic E-state index is 0.0487. The highest BCUT2D eigenvalue weighted by molar-refractivity contribution is 9.10. The van der Waals surface area contributed by atoms with E-state index in [0.717, 1.165) is 15.6 Å². The van der Waals surface area contributed by atoms with Gasteiger partial charge in [-0.15, -0.1) is 0 Å². The second-order valence-corrected chi connectivity index (χ2v) is 7.71. The van der Waals surface area contributed by atoms with E-state index in [9.17, 15) is 5.26 Å². The van der Waals surface area contributed by atoms with Crippen LogP contribution in [-0.2, 0) is 4.74 Å². The number of hydrogen-bond acceptors (Lipinski definition) is 5. The lowest BCUT2D eigenvalue weighted by Gasteiger charge is -2.36. The average molecular weight is 432 g/mol. The van der Waals surface area contributed by atoms with E-state index in [1.807, 2.05) is 48.5 Å². The maximum absolute atomic E-state index is 9.74. The number of halogens is 2. The molecule has 2 heterocycles. The molecule has 0 aliphatic carbocycles. The number of hydrogen-bond donors (Lipinski definition) is 3. The Morgan fingerprint density at radius 2 is 1.88 bits per heavy atom. The van der Waals surface area contributed by atoms with Crippen molar-refractivity contribution in [2.75, 3.05) is 0 Å². The second kappa shape index (κ2) is 6.93. The Kier molecular flexibility index (Phi) is 4.63. The number of nitrogens with zero attached hydrogens (tertiary/aromatic N) is 1. The fourth-order valence-electron chi connectivity index (χ4n) is 3.75. The zero-order chi connectivity index (χ0) is 18.3. The molecule has 4 N–H and O–H groups in total. The maximum atomic E-state index is 9.74. The van der Waals surface area contributed by atoms with Crippen LogP contribution in [0.4, 0.5) is 0 Å². The third-order valence-electron chi connectivity index (χ3n) is 4.89. The molecule has 0 spiro atoms. The van der Waals surface area contributed by atoms with Crippen LogP contribution < -0.4 is 16.6 Å². The van der Waals surface area contributed by atoms with Crippen LogP contribution in [0.25, 0.3) is 0 Å². The van der Waals surface area contributed by atoms with E-state index in [2.05, 4.69) is 32.9 Å². The second-order valence-electron chi connectivity index (χ2n) is 6.36. The van der Waals surface area contributed by atoms with Gasteiger partial charge in [-0.2, -0.15) is 5.26 Å². The van der Waals surface area contributed by atoms with Crippen molar-refractivity contribution in [3.05, 3.63) is 80.6 Å². The Morgan fingerprint density at radius 1 is 1.12 bits per heavy atom. The summed E-state index contributed by atoms with van der Waals surface area (Å²) < 4.78 is 6.75. The summed E-state index contributed by atoms with van der Waals surface area (Å²) in [5.74, 6) is -0.0726. The minimum atomic E-state index is -0.336. The first-order chi connectivity index (χ1) is 12.6. The number of nitrogens with two attached hydrogens (primary N) is 1. The van der Waals surface area contributed by atoms with Crippen LogP contribution in [0.2, 0.25) is 5.02 Å². The van der Waals surface area contributed by atoms with Gasteiger partial charge in [-0.1, -0.05) is 51.8 Å². The van der Waals surface area contributed by atoms with Crippen molar-refractivity contribution in [1.82, 2.24) is 10.9 Å². The highest BCUT2D eigenvalue weighted by atomic mass is 79.9.